The van der Waals surface area contributed by atoms with Crippen molar-refractivity contribution in [2.75, 3.05) is 0 Å². The van der Waals surface area contributed by atoms with E-state index in [1.54, 1.807) is 0 Å². The normalized spacial score (nSPS) is 18.9. The number of hydrogen-bond donors (Lipinski definition) is 0. The maximum absolute atomic E-state index is 6.55. The van der Waals surface area contributed by atoms with Crippen LogP contribution in [0.25, 0.3) is 0 Å². The fraction of sp³-hybridized carbons (Fsp3) is 1.00. The van der Waals surface area contributed by atoms with Gasteiger partial charge in [-0.25, -0.2) is 0 Å². The minimum absolute atomic E-state index is 0. The molecule has 0 aliphatic carbocycles. The molecule has 0 saturated heterocycles. The van der Waals surface area contributed by atoms with Crippen molar-refractivity contribution in [3.05, 3.63) is 0 Å². The molecule has 0 amide bonds. The van der Waals surface area contributed by atoms with Crippen molar-refractivity contribution in [1.29, 1.82) is 0 Å². The van der Waals surface area contributed by atoms with Gasteiger partial charge in [0, 0.05) is 0 Å². The Labute approximate surface area is 243 Å². The monoisotopic (exact) mass is 511 g/mol. The van der Waals surface area contributed by atoms with Crippen LogP contribution in [-0.4, -0.2) is 45.5 Å². The molecule has 212 valence electrons. The molecule has 0 fully saturated rings. The van der Waals surface area contributed by atoms with Gasteiger partial charge in [-0.05, 0) is 103 Å². The molecule has 0 heterocycles. The first-order valence-electron chi connectivity index (χ1n) is 14.7. The summed E-state index contributed by atoms with van der Waals surface area (Å²) < 4.78 is 13.1. The summed E-state index contributed by atoms with van der Waals surface area (Å²) in [5.74, 6) is 2.78. The molecule has 0 aromatic carbocycles. The van der Waals surface area contributed by atoms with Gasteiger partial charge in [-0.15, -0.1) is 0 Å². The molecule has 2 nitrogen and oxygen atoms in total. The molecule has 0 saturated carbocycles. The summed E-state index contributed by atoms with van der Waals surface area (Å²) in [6.45, 7) is 36.3. The van der Waals surface area contributed by atoms with Crippen molar-refractivity contribution >= 4 is 23.1 Å². The first-order chi connectivity index (χ1) is 15.3. The fourth-order valence-corrected chi connectivity index (χ4v) is 5.68. The van der Waals surface area contributed by atoms with Crippen molar-refractivity contribution < 1.29 is 12.3 Å². The van der Waals surface area contributed by atoms with Crippen molar-refractivity contribution in [3.63, 3.8) is 0 Å². The van der Waals surface area contributed by atoms with Gasteiger partial charge in [-0.1, -0.05) is 83.1 Å². The van der Waals surface area contributed by atoms with Crippen LogP contribution in [0.15, 0.2) is 0 Å². The van der Waals surface area contributed by atoms with Gasteiger partial charge in [0.2, 0.25) is 0 Å². The average Bonchev–Trinajstić information content (AvgIpc) is 2.65. The van der Waals surface area contributed by atoms with Crippen molar-refractivity contribution in [1.82, 2.24) is 0 Å². The van der Waals surface area contributed by atoms with Crippen LogP contribution in [0.2, 0.25) is 0 Å². The summed E-state index contributed by atoms with van der Waals surface area (Å²) in [5, 5.41) is 0. The van der Waals surface area contributed by atoms with E-state index in [1.165, 1.54) is 0 Å². The first kappa shape index (κ1) is 40.2. The maximum Gasteiger partial charge on any atom is 2.00 e. The number of ether oxygens (including phenoxy) is 2. The minimum atomic E-state index is 0. The van der Waals surface area contributed by atoms with Gasteiger partial charge >= 0.3 is 23.1 Å². The van der Waals surface area contributed by atoms with E-state index >= 15 is 0 Å². The second-order valence-electron chi connectivity index (χ2n) is 13.8. The van der Waals surface area contributed by atoms with Crippen molar-refractivity contribution in [2.24, 2.45) is 23.7 Å². The molecule has 0 rings (SSSR count). The fourth-order valence-electron chi connectivity index (χ4n) is 5.68. The van der Waals surface area contributed by atoms with Crippen LogP contribution in [0, 0.1) is 23.7 Å². The second-order valence-corrected chi connectivity index (χ2v) is 13.8. The molecular formula is C32H70MgO2. The van der Waals surface area contributed by atoms with Crippen LogP contribution < -0.4 is 0 Å². The van der Waals surface area contributed by atoms with Gasteiger partial charge in [0.25, 0.3) is 0 Å². The minimum Gasteiger partial charge on any atom is -1.00 e. The maximum atomic E-state index is 6.55. The molecule has 0 aliphatic heterocycles. The molecule has 0 radical (unpaired) electrons. The Morgan fingerprint density at radius 2 is 0.571 bits per heavy atom. The summed E-state index contributed by atoms with van der Waals surface area (Å²) >= 11 is 0. The van der Waals surface area contributed by atoms with E-state index in [0.29, 0.717) is 23.7 Å². The molecule has 4 atom stereocenters. The average molecular weight is 511 g/mol. The van der Waals surface area contributed by atoms with Crippen LogP contribution in [-0.2, 0) is 9.47 Å². The molecule has 3 heteroatoms. The summed E-state index contributed by atoms with van der Waals surface area (Å²) in [6, 6.07) is 0. The Morgan fingerprint density at radius 3 is 0.657 bits per heavy atom. The second kappa shape index (κ2) is 18.1. The van der Waals surface area contributed by atoms with E-state index in [1.807, 2.05) is 0 Å². The van der Waals surface area contributed by atoms with Gasteiger partial charge in [-0.3, -0.25) is 0 Å². The summed E-state index contributed by atoms with van der Waals surface area (Å²) in [6.07, 6.45) is 8.98. The smallest absolute Gasteiger partial charge is 1.00 e. The van der Waals surface area contributed by atoms with Crippen LogP contribution in [0.1, 0.15) is 165 Å². The van der Waals surface area contributed by atoms with Gasteiger partial charge in [0.05, 0.1) is 22.4 Å². The van der Waals surface area contributed by atoms with E-state index in [0.717, 1.165) is 51.4 Å². The van der Waals surface area contributed by atoms with E-state index < -0.39 is 0 Å². The van der Waals surface area contributed by atoms with E-state index in [-0.39, 0.29) is 48.3 Å². The number of rotatable bonds is 16. The van der Waals surface area contributed by atoms with Gasteiger partial charge in [-0.2, -0.15) is 0 Å². The Bertz CT molecular complexity index is 439. The molecular weight excluding hydrogens is 441 g/mol. The molecule has 0 aromatic rings. The van der Waals surface area contributed by atoms with Gasteiger partial charge in [0.15, 0.2) is 0 Å². The molecule has 0 aliphatic rings. The van der Waals surface area contributed by atoms with E-state index in [2.05, 4.69) is 111 Å². The predicted molar refractivity (Wildman–Crippen MR) is 163 cm³/mol. The van der Waals surface area contributed by atoms with E-state index in [9.17, 15) is 0 Å². The molecule has 4 unspecified atom stereocenters. The van der Waals surface area contributed by atoms with Crippen LogP contribution >= 0.6 is 0 Å². The third kappa shape index (κ3) is 18.6. The largest absolute Gasteiger partial charge is 2.00 e. The number of hydrogen-bond acceptors (Lipinski definition) is 2. The predicted octanol–water partition coefficient (Wildman–Crippen LogP) is 10.7. The van der Waals surface area contributed by atoms with Crippen molar-refractivity contribution in [3.8, 4) is 0 Å². The Balaban J connectivity index is -0.000000171. The summed E-state index contributed by atoms with van der Waals surface area (Å²) in [7, 11) is 0. The van der Waals surface area contributed by atoms with Gasteiger partial charge in [0.1, 0.15) is 0 Å². The molecule has 0 N–H and O–H groups in total. The molecule has 0 bridgehead atoms. The summed E-state index contributed by atoms with van der Waals surface area (Å²) in [5.41, 5.74) is 0.142. The SMILES string of the molecule is CCC(C)(CC(C)C)OC(C)(CC)CC(C)C.CCC(C)(CC(C)C)OC(C)(CC)CC(C)C.[H-].[H-].[Mg+2]. The third-order valence-electron chi connectivity index (χ3n) is 7.34. The standard InChI is InChI=1S/2C16H34O.Mg.2H/c2*1-9-15(7,11-13(3)4)17-16(8,10-2)12-14(5)6;;;/h2*13-14H,9-12H2,1-8H3;;;/q;;+2;2*-1. The third-order valence-corrected chi connectivity index (χ3v) is 7.34. The zero-order chi connectivity index (χ0) is 27.4. The molecule has 0 aromatic heterocycles. The Morgan fingerprint density at radius 1 is 0.429 bits per heavy atom. The molecule has 0 spiro atoms. The summed E-state index contributed by atoms with van der Waals surface area (Å²) in [4.78, 5) is 0. The van der Waals surface area contributed by atoms with Crippen molar-refractivity contribution in [2.45, 2.75) is 185 Å². The zero-order valence-corrected chi connectivity index (χ0v) is 28.9. The quantitative estimate of drug-likeness (QED) is 0.192. The van der Waals surface area contributed by atoms with E-state index in [4.69, 9.17) is 9.47 Å². The van der Waals surface area contributed by atoms with Gasteiger partial charge < -0.3 is 12.3 Å². The first-order valence-corrected chi connectivity index (χ1v) is 14.7. The van der Waals surface area contributed by atoms with Crippen LogP contribution in [0.3, 0.4) is 0 Å². The Kier molecular flexibility index (Phi) is 20.7. The van der Waals surface area contributed by atoms with Crippen LogP contribution in [0.5, 0.6) is 0 Å². The Hall–Kier alpha value is 0.686. The van der Waals surface area contributed by atoms with Crippen LogP contribution in [0.4, 0.5) is 0 Å². The topological polar surface area (TPSA) is 18.5 Å². The molecule has 35 heavy (non-hydrogen) atoms. The zero-order valence-electron chi connectivity index (χ0n) is 29.5.